The number of fused-ring (bicyclic) bond motifs is 1. The molecule has 0 saturated heterocycles. The van der Waals surface area contributed by atoms with Crippen LogP contribution in [0.3, 0.4) is 0 Å². The summed E-state index contributed by atoms with van der Waals surface area (Å²) in [7, 11) is 0. The summed E-state index contributed by atoms with van der Waals surface area (Å²) in [4.78, 5) is 0. The Balaban J connectivity index is 2.54. The maximum absolute atomic E-state index is 9.57. The average molecular weight is 207 g/mol. The van der Waals surface area contributed by atoms with E-state index >= 15 is 0 Å². The molecule has 1 aromatic carbocycles. The van der Waals surface area contributed by atoms with Crippen molar-refractivity contribution in [2.45, 2.75) is 0 Å². The topological polar surface area (TPSA) is 83.4 Å². The van der Waals surface area contributed by atoms with Gasteiger partial charge < -0.3 is 21.4 Å². The number of aliphatic hydroxyl groups excluding tert-OH is 1. The minimum Gasteiger partial charge on any atom is -0.428 e. The van der Waals surface area contributed by atoms with E-state index in [1.807, 2.05) is 0 Å². The van der Waals surface area contributed by atoms with E-state index in [0.29, 0.717) is 17.7 Å². The molecule has 0 atom stereocenters. The quantitative estimate of drug-likeness (QED) is 0.444. The van der Waals surface area contributed by atoms with Crippen LogP contribution >= 0.6 is 0 Å². The van der Waals surface area contributed by atoms with Crippen LogP contribution in [0.25, 0.3) is 10.9 Å². The summed E-state index contributed by atoms with van der Waals surface area (Å²) in [6.45, 7) is 0.474. The van der Waals surface area contributed by atoms with Crippen LogP contribution in [-0.4, -0.2) is 28.2 Å². The molecule has 0 amide bonds. The Bertz CT molecular complexity index is 479. The van der Waals surface area contributed by atoms with Crippen molar-refractivity contribution in [2.75, 3.05) is 24.2 Å². The fraction of sp³-hybridized carbons (Fsp3) is 0.200. The van der Waals surface area contributed by atoms with Gasteiger partial charge in [0.1, 0.15) is 5.52 Å². The van der Waals surface area contributed by atoms with Crippen LogP contribution in [0, 0.1) is 0 Å². The largest absolute Gasteiger partial charge is 0.428 e. The van der Waals surface area contributed by atoms with Crippen LogP contribution < -0.4 is 11.1 Å². The molecule has 0 unspecified atom stereocenters. The molecule has 2 aromatic rings. The van der Waals surface area contributed by atoms with E-state index in [0.717, 1.165) is 15.8 Å². The molecule has 15 heavy (non-hydrogen) atoms. The molecule has 0 fully saturated rings. The van der Waals surface area contributed by atoms with Crippen LogP contribution in [-0.2, 0) is 0 Å². The van der Waals surface area contributed by atoms with Gasteiger partial charge in [0.2, 0.25) is 0 Å². The van der Waals surface area contributed by atoms with Gasteiger partial charge in [0, 0.05) is 23.8 Å². The van der Waals surface area contributed by atoms with E-state index in [1.165, 1.54) is 6.20 Å². The second-order valence-electron chi connectivity index (χ2n) is 3.28. The lowest BCUT2D eigenvalue weighted by molar-refractivity contribution is 0.200. The molecule has 5 heteroatoms. The number of nitrogens with zero attached hydrogens (tertiary/aromatic N) is 1. The van der Waals surface area contributed by atoms with E-state index in [-0.39, 0.29) is 6.61 Å². The molecule has 0 bridgehead atoms. The van der Waals surface area contributed by atoms with Crippen molar-refractivity contribution in [1.82, 2.24) is 4.73 Å². The molecule has 5 N–H and O–H groups in total. The molecule has 0 radical (unpaired) electrons. The molecule has 2 rings (SSSR count). The first kappa shape index (κ1) is 9.67. The Morgan fingerprint density at radius 1 is 1.33 bits per heavy atom. The molecule has 1 aromatic heterocycles. The molecule has 0 aliphatic rings. The van der Waals surface area contributed by atoms with Gasteiger partial charge in [0.15, 0.2) is 0 Å². The van der Waals surface area contributed by atoms with Crippen molar-refractivity contribution in [3.8, 4) is 0 Å². The minimum atomic E-state index is 0.0397. The van der Waals surface area contributed by atoms with Gasteiger partial charge in [-0.15, -0.1) is 0 Å². The number of nitrogens with two attached hydrogens (primary N) is 1. The first-order valence-electron chi connectivity index (χ1n) is 4.67. The van der Waals surface area contributed by atoms with Gasteiger partial charge in [-0.3, -0.25) is 0 Å². The number of anilines is 2. The van der Waals surface area contributed by atoms with Crippen molar-refractivity contribution >= 4 is 22.3 Å². The zero-order chi connectivity index (χ0) is 10.8. The fourth-order valence-electron chi connectivity index (χ4n) is 1.60. The van der Waals surface area contributed by atoms with Crippen LogP contribution in [0.5, 0.6) is 0 Å². The van der Waals surface area contributed by atoms with Crippen LogP contribution in [0.2, 0.25) is 0 Å². The van der Waals surface area contributed by atoms with Gasteiger partial charge >= 0.3 is 0 Å². The maximum Gasteiger partial charge on any atom is 0.112 e. The number of hydrogen-bond acceptors (Lipinski definition) is 4. The van der Waals surface area contributed by atoms with Gasteiger partial charge in [-0.25, -0.2) is 0 Å². The summed E-state index contributed by atoms with van der Waals surface area (Å²) >= 11 is 0. The van der Waals surface area contributed by atoms with Crippen LogP contribution in [0.15, 0.2) is 24.4 Å². The Morgan fingerprint density at radius 2 is 2.13 bits per heavy atom. The van der Waals surface area contributed by atoms with Crippen molar-refractivity contribution in [2.24, 2.45) is 0 Å². The summed E-state index contributed by atoms with van der Waals surface area (Å²) < 4.78 is 1.02. The molecule has 0 aliphatic heterocycles. The monoisotopic (exact) mass is 207 g/mol. The third-order valence-electron chi connectivity index (χ3n) is 2.29. The Morgan fingerprint density at radius 3 is 2.87 bits per heavy atom. The predicted molar refractivity (Wildman–Crippen MR) is 59.1 cm³/mol. The first-order chi connectivity index (χ1) is 7.24. The molecule has 1 heterocycles. The van der Waals surface area contributed by atoms with Gasteiger partial charge in [-0.05, 0) is 18.2 Å². The van der Waals surface area contributed by atoms with E-state index in [2.05, 4.69) is 5.32 Å². The van der Waals surface area contributed by atoms with Crippen LogP contribution in [0.4, 0.5) is 11.4 Å². The molecular formula is C10H13N3O2. The highest BCUT2D eigenvalue weighted by Crippen LogP contribution is 2.28. The van der Waals surface area contributed by atoms with E-state index in [4.69, 9.17) is 10.8 Å². The average Bonchev–Trinajstić information content (AvgIpc) is 2.61. The maximum atomic E-state index is 9.57. The zero-order valence-corrected chi connectivity index (χ0v) is 8.14. The summed E-state index contributed by atoms with van der Waals surface area (Å²) in [5.74, 6) is 0. The highest BCUT2D eigenvalue weighted by Gasteiger charge is 2.08. The third kappa shape index (κ3) is 1.57. The van der Waals surface area contributed by atoms with E-state index < -0.39 is 0 Å². The SMILES string of the molecule is Nc1ccc(NCCO)c2c1ccn2O. The summed E-state index contributed by atoms with van der Waals surface area (Å²) in [6, 6.07) is 5.29. The van der Waals surface area contributed by atoms with Crippen molar-refractivity contribution in [1.29, 1.82) is 0 Å². The highest BCUT2D eigenvalue weighted by molar-refractivity contribution is 5.99. The van der Waals surface area contributed by atoms with Crippen molar-refractivity contribution in [3.05, 3.63) is 24.4 Å². The van der Waals surface area contributed by atoms with Gasteiger partial charge in [0.05, 0.1) is 12.3 Å². The number of nitrogens with one attached hydrogen (secondary N) is 1. The lowest BCUT2D eigenvalue weighted by Gasteiger charge is -2.08. The molecule has 80 valence electrons. The van der Waals surface area contributed by atoms with Gasteiger partial charge in [-0.2, -0.15) is 4.73 Å². The molecule has 0 saturated carbocycles. The Kier molecular flexibility index (Phi) is 2.39. The lowest BCUT2D eigenvalue weighted by Crippen LogP contribution is -2.07. The van der Waals surface area contributed by atoms with Crippen LogP contribution in [0.1, 0.15) is 0 Å². The van der Waals surface area contributed by atoms with Gasteiger partial charge in [0.25, 0.3) is 0 Å². The molecule has 0 aliphatic carbocycles. The number of hydrogen-bond donors (Lipinski definition) is 4. The van der Waals surface area contributed by atoms with E-state index in [9.17, 15) is 5.21 Å². The van der Waals surface area contributed by atoms with Gasteiger partial charge in [-0.1, -0.05) is 0 Å². The highest BCUT2D eigenvalue weighted by atomic mass is 16.5. The smallest absolute Gasteiger partial charge is 0.112 e. The molecule has 5 nitrogen and oxygen atoms in total. The first-order valence-corrected chi connectivity index (χ1v) is 4.67. The summed E-state index contributed by atoms with van der Waals surface area (Å²) in [5, 5.41) is 22.1. The number of aliphatic hydroxyl groups is 1. The second-order valence-corrected chi connectivity index (χ2v) is 3.28. The number of rotatable bonds is 3. The minimum absolute atomic E-state index is 0.0397. The standard InChI is InChI=1S/C10H13N3O2/c11-8-1-2-9(12-4-6-14)10-7(8)3-5-13(10)15/h1-3,5,12,14-15H,4,6,11H2. The summed E-state index contributed by atoms with van der Waals surface area (Å²) in [5.41, 5.74) is 7.76. The number of aromatic nitrogens is 1. The van der Waals surface area contributed by atoms with E-state index in [1.54, 1.807) is 18.2 Å². The summed E-state index contributed by atoms with van der Waals surface area (Å²) in [6.07, 6.45) is 1.53. The molecule has 0 spiro atoms. The zero-order valence-electron chi connectivity index (χ0n) is 8.14. The number of nitrogen functional groups attached to an aromatic ring is 1. The normalized spacial score (nSPS) is 10.7. The fourth-order valence-corrected chi connectivity index (χ4v) is 1.60. The Labute approximate surface area is 86.7 Å². The Hall–Kier alpha value is -1.88. The van der Waals surface area contributed by atoms with Crippen molar-refractivity contribution in [3.63, 3.8) is 0 Å². The number of benzene rings is 1. The lowest BCUT2D eigenvalue weighted by atomic mass is 10.2. The third-order valence-corrected chi connectivity index (χ3v) is 2.29. The van der Waals surface area contributed by atoms with Crippen molar-refractivity contribution < 1.29 is 10.3 Å². The second kappa shape index (κ2) is 3.70. The molecular weight excluding hydrogens is 194 g/mol. The predicted octanol–water partition coefficient (Wildman–Crippen LogP) is 0.865.